The van der Waals surface area contributed by atoms with E-state index in [2.05, 4.69) is 17.4 Å². The first-order valence-electron chi connectivity index (χ1n) is 6.85. The minimum atomic E-state index is 0. The standard InChI is InChI=1S/C15H22N2O.ClH/c16-11-5-10-14(18)17-15(13-8-4-9-13)12-6-2-1-3-7-12;/h1-3,6-7,13,15H,4-5,8-11,16H2,(H,17,18);1H. The van der Waals surface area contributed by atoms with Crippen LogP contribution in [0, 0.1) is 5.92 Å². The summed E-state index contributed by atoms with van der Waals surface area (Å²) >= 11 is 0. The van der Waals surface area contributed by atoms with Gasteiger partial charge in [-0.2, -0.15) is 0 Å². The normalized spacial score (nSPS) is 16.1. The van der Waals surface area contributed by atoms with E-state index in [1.807, 2.05) is 18.2 Å². The van der Waals surface area contributed by atoms with E-state index < -0.39 is 0 Å². The monoisotopic (exact) mass is 282 g/mol. The summed E-state index contributed by atoms with van der Waals surface area (Å²) in [6, 6.07) is 10.5. The third-order valence-corrected chi connectivity index (χ3v) is 3.70. The van der Waals surface area contributed by atoms with Gasteiger partial charge in [-0.15, -0.1) is 12.4 Å². The quantitative estimate of drug-likeness (QED) is 0.843. The van der Waals surface area contributed by atoms with Crippen LogP contribution >= 0.6 is 12.4 Å². The van der Waals surface area contributed by atoms with Gasteiger partial charge in [-0.05, 0) is 37.3 Å². The van der Waals surface area contributed by atoms with Crippen LogP contribution in [0.1, 0.15) is 43.7 Å². The maximum atomic E-state index is 11.9. The molecule has 0 aromatic heterocycles. The van der Waals surface area contributed by atoms with E-state index in [0.29, 0.717) is 18.9 Å². The largest absolute Gasteiger partial charge is 0.349 e. The molecule has 1 atom stereocenters. The third-order valence-electron chi connectivity index (χ3n) is 3.70. The van der Waals surface area contributed by atoms with Crippen molar-refractivity contribution in [1.82, 2.24) is 5.32 Å². The fourth-order valence-corrected chi connectivity index (χ4v) is 2.42. The molecular weight excluding hydrogens is 260 g/mol. The van der Waals surface area contributed by atoms with Crippen molar-refractivity contribution in [3.63, 3.8) is 0 Å². The molecule has 0 radical (unpaired) electrons. The Hall–Kier alpha value is -1.06. The number of nitrogens with one attached hydrogen (secondary N) is 1. The predicted molar refractivity (Wildman–Crippen MR) is 80.2 cm³/mol. The van der Waals surface area contributed by atoms with E-state index in [-0.39, 0.29) is 24.4 Å². The van der Waals surface area contributed by atoms with Gasteiger partial charge in [0.05, 0.1) is 6.04 Å². The second-order valence-electron chi connectivity index (χ2n) is 5.04. The number of amides is 1. The highest BCUT2D eigenvalue weighted by Gasteiger charge is 2.29. The Morgan fingerprint density at radius 2 is 2.00 bits per heavy atom. The van der Waals surface area contributed by atoms with Crippen molar-refractivity contribution in [1.29, 1.82) is 0 Å². The van der Waals surface area contributed by atoms with Gasteiger partial charge in [-0.1, -0.05) is 36.8 Å². The van der Waals surface area contributed by atoms with Crippen LogP contribution in [-0.4, -0.2) is 12.5 Å². The fourth-order valence-electron chi connectivity index (χ4n) is 2.42. The second-order valence-corrected chi connectivity index (χ2v) is 5.04. The molecular formula is C15H23ClN2O. The summed E-state index contributed by atoms with van der Waals surface area (Å²) in [5.74, 6) is 0.732. The Morgan fingerprint density at radius 1 is 1.32 bits per heavy atom. The molecule has 1 aromatic rings. The van der Waals surface area contributed by atoms with Gasteiger partial charge in [-0.3, -0.25) is 4.79 Å². The number of benzene rings is 1. The van der Waals surface area contributed by atoms with Gasteiger partial charge in [-0.25, -0.2) is 0 Å². The first kappa shape index (κ1) is 16.0. The number of halogens is 1. The summed E-state index contributed by atoms with van der Waals surface area (Å²) in [6.45, 7) is 0.576. The zero-order valence-electron chi connectivity index (χ0n) is 11.2. The molecule has 1 unspecified atom stereocenters. The molecule has 1 fully saturated rings. The summed E-state index contributed by atoms with van der Waals surface area (Å²) < 4.78 is 0. The van der Waals surface area contributed by atoms with Crippen molar-refractivity contribution in [2.45, 2.75) is 38.1 Å². The molecule has 3 nitrogen and oxygen atoms in total. The number of hydrogen-bond donors (Lipinski definition) is 2. The molecule has 2 rings (SSSR count). The van der Waals surface area contributed by atoms with Crippen molar-refractivity contribution in [2.75, 3.05) is 6.54 Å². The topological polar surface area (TPSA) is 55.1 Å². The molecule has 106 valence electrons. The van der Waals surface area contributed by atoms with E-state index in [1.54, 1.807) is 0 Å². The fraction of sp³-hybridized carbons (Fsp3) is 0.533. The molecule has 0 saturated heterocycles. The summed E-state index contributed by atoms with van der Waals surface area (Å²) in [4.78, 5) is 11.9. The molecule has 19 heavy (non-hydrogen) atoms. The molecule has 4 heteroatoms. The molecule has 1 aliphatic rings. The number of nitrogens with two attached hydrogens (primary N) is 1. The zero-order valence-corrected chi connectivity index (χ0v) is 12.0. The molecule has 1 saturated carbocycles. The predicted octanol–water partition coefficient (Wildman–Crippen LogP) is 2.80. The van der Waals surface area contributed by atoms with Crippen LogP contribution in [0.4, 0.5) is 0 Å². The molecule has 0 bridgehead atoms. The van der Waals surface area contributed by atoms with Crippen molar-refractivity contribution in [3.8, 4) is 0 Å². The summed E-state index contributed by atoms with van der Waals surface area (Å²) in [5.41, 5.74) is 6.66. The van der Waals surface area contributed by atoms with E-state index in [9.17, 15) is 4.79 Å². The minimum Gasteiger partial charge on any atom is -0.349 e. The highest BCUT2D eigenvalue weighted by molar-refractivity contribution is 5.85. The Morgan fingerprint density at radius 3 is 2.53 bits per heavy atom. The third kappa shape index (κ3) is 4.51. The van der Waals surface area contributed by atoms with E-state index in [0.717, 1.165) is 6.42 Å². The molecule has 1 amide bonds. The lowest BCUT2D eigenvalue weighted by atomic mass is 9.77. The van der Waals surface area contributed by atoms with Crippen LogP contribution in [0.25, 0.3) is 0 Å². The smallest absolute Gasteiger partial charge is 0.220 e. The highest BCUT2D eigenvalue weighted by atomic mass is 35.5. The Kier molecular flexibility index (Phi) is 6.89. The van der Waals surface area contributed by atoms with Crippen molar-refractivity contribution in [2.24, 2.45) is 11.7 Å². The molecule has 0 heterocycles. The first-order chi connectivity index (χ1) is 8.81. The average Bonchev–Trinajstić information content (AvgIpc) is 2.34. The van der Waals surface area contributed by atoms with Crippen molar-refractivity contribution in [3.05, 3.63) is 35.9 Å². The first-order valence-corrected chi connectivity index (χ1v) is 6.85. The lowest BCUT2D eigenvalue weighted by molar-refractivity contribution is -0.122. The van der Waals surface area contributed by atoms with Gasteiger partial charge in [0.15, 0.2) is 0 Å². The highest BCUT2D eigenvalue weighted by Crippen LogP contribution is 2.37. The van der Waals surface area contributed by atoms with Gasteiger partial charge >= 0.3 is 0 Å². The summed E-state index contributed by atoms with van der Waals surface area (Å²) in [6.07, 6.45) is 5.02. The Bertz CT molecular complexity index is 379. The van der Waals surface area contributed by atoms with Gasteiger partial charge in [0.2, 0.25) is 5.91 Å². The molecule has 1 aliphatic carbocycles. The van der Waals surface area contributed by atoms with E-state index in [4.69, 9.17) is 5.73 Å². The Labute approximate surface area is 121 Å². The van der Waals surface area contributed by atoms with Crippen molar-refractivity contribution < 1.29 is 4.79 Å². The summed E-state index contributed by atoms with van der Waals surface area (Å²) in [5, 5.41) is 3.18. The van der Waals surface area contributed by atoms with Crippen LogP contribution in [0.2, 0.25) is 0 Å². The SMILES string of the molecule is Cl.NCCCC(=O)NC(c1ccccc1)C1CCC1. The van der Waals surface area contributed by atoms with Crippen LogP contribution in [0.15, 0.2) is 30.3 Å². The van der Waals surface area contributed by atoms with Crippen LogP contribution in [0.5, 0.6) is 0 Å². The number of rotatable bonds is 6. The average molecular weight is 283 g/mol. The van der Waals surface area contributed by atoms with E-state index >= 15 is 0 Å². The van der Waals surface area contributed by atoms with Crippen molar-refractivity contribution >= 4 is 18.3 Å². The van der Waals surface area contributed by atoms with Crippen LogP contribution in [-0.2, 0) is 4.79 Å². The number of carbonyl (C=O) groups excluding carboxylic acids is 1. The van der Waals surface area contributed by atoms with Gasteiger partial charge < -0.3 is 11.1 Å². The maximum Gasteiger partial charge on any atom is 0.220 e. The molecule has 0 spiro atoms. The van der Waals surface area contributed by atoms with Gasteiger partial charge in [0.25, 0.3) is 0 Å². The molecule has 0 aliphatic heterocycles. The van der Waals surface area contributed by atoms with Gasteiger partial charge in [0, 0.05) is 6.42 Å². The lowest BCUT2D eigenvalue weighted by Crippen LogP contribution is -2.36. The van der Waals surface area contributed by atoms with E-state index in [1.165, 1.54) is 24.8 Å². The number of hydrogen-bond acceptors (Lipinski definition) is 2. The number of carbonyl (C=O) groups is 1. The second kappa shape index (κ2) is 8.18. The van der Waals surface area contributed by atoms with Crippen LogP contribution < -0.4 is 11.1 Å². The molecule has 1 aromatic carbocycles. The van der Waals surface area contributed by atoms with Crippen LogP contribution in [0.3, 0.4) is 0 Å². The molecule has 3 N–H and O–H groups in total. The zero-order chi connectivity index (χ0) is 12.8. The lowest BCUT2D eigenvalue weighted by Gasteiger charge is -2.34. The maximum absolute atomic E-state index is 11.9. The minimum absolute atomic E-state index is 0. The summed E-state index contributed by atoms with van der Waals surface area (Å²) in [7, 11) is 0. The van der Waals surface area contributed by atoms with Gasteiger partial charge in [0.1, 0.15) is 0 Å². The Balaban J connectivity index is 0.00000180.